The summed E-state index contributed by atoms with van der Waals surface area (Å²) < 4.78 is 6.86. The van der Waals surface area contributed by atoms with E-state index in [4.69, 9.17) is 4.74 Å². The highest BCUT2D eigenvalue weighted by Crippen LogP contribution is 2.28. The molecule has 0 radical (unpaired) electrons. The number of ether oxygens (including phenoxy) is 1. The molecule has 1 saturated carbocycles. The average molecular weight is 298 g/mol. The minimum atomic E-state index is 0.698. The van der Waals surface area contributed by atoms with Crippen LogP contribution in [0.15, 0.2) is 28.7 Å². The summed E-state index contributed by atoms with van der Waals surface area (Å²) in [6.07, 6.45) is 5.17. The quantitative estimate of drug-likeness (QED) is 0.896. The molecule has 17 heavy (non-hydrogen) atoms. The number of benzene rings is 1. The van der Waals surface area contributed by atoms with Crippen LogP contribution >= 0.6 is 15.9 Å². The summed E-state index contributed by atoms with van der Waals surface area (Å²) in [7, 11) is 2.07. The molecule has 0 aromatic heterocycles. The smallest absolute Gasteiger partial charge is 0.119 e. The van der Waals surface area contributed by atoms with E-state index in [2.05, 4.69) is 28.3 Å². The molecule has 1 aromatic carbocycles. The summed E-state index contributed by atoms with van der Waals surface area (Å²) in [4.78, 5) is 0. The first-order valence-corrected chi connectivity index (χ1v) is 7.14. The predicted molar refractivity (Wildman–Crippen MR) is 74.4 cm³/mol. The second-order valence-electron chi connectivity index (χ2n) is 4.68. The maximum Gasteiger partial charge on any atom is 0.119 e. The fourth-order valence-electron chi connectivity index (χ4n) is 2.62. The molecule has 2 nitrogen and oxygen atoms in total. The van der Waals surface area contributed by atoms with Gasteiger partial charge in [-0.3, -0.25) is 0 Å². The molecule has 3 heteroatoms. The van der Waals surface area contributed by atoms with Crippen molar-refractivity contribution in [1.29, 1.82) is 0 Å². The van der Waals surface area contributed by atoms with Crippen molar-refractivity contribution in [3.63, 3.8) is 0 Å². The zero-order valence-electron chi connectivity index (χ0n) is 10.3. The van der Waals surface area contributed by atoms with Crippen molar-refractivity contribution in [2.24, 2.45) is 5.92 Å². The van der Waals surface area contributed by atoms with Gasteiger partial charge in [0, 0.05) is 10.5 Å². The highest BCUT2D eigenvalue weighted by molar-refractivity contribution is 9.10. The first-order valence-electron chi connectivity index (χ1n) is 6.35. The Morgan fingerprint density at radius 2 is 2.06 bits per heavy atom. The lowest BCUT2D eigenvalue weighted by atomic mass is 10.0. The Bertz CT molecular complexity index is 339. The Labute approximate surface area is 112 Å². The van der Waals surface area contributed by atoms with Crippen LogP contribution in [0, 0.1) is 5.92 Å². The van der Waals surface area contributed by atoms with Gasteiger partial charge in [0.2, 0.25) is 0 Å². The Balaban J connectivity index is 1.74. The highest BCUT2D eigenvalue weighted by atomic mass is 79.9. The normalized spacial score (nSPS) is 23.9. The van der Waals surface area contributed by atoms with Crippen molar-refractivity contribution < 1.29 is 4.74 Å². The molecular weight excluding hydrogens is 278 g/mol. The molecule has 94 valence electrons. The van der Waals surface area contributed by atoms with Gasteiger partial charge in [0.05, 0.1) is 6.61 Å². The van der Waals surface area contributed by atoms with Gasteiger partial charge in [-0.25, -0.2) is 0 Å². The molecule has 1 fully saturated rings. The number of halogens is 1. The number of nitrogens with one attached hydrogen (secondary N) is 1. The van der Waals surface area contributed by atoms with Gasteiger partial charge in [-0.05, 0) is 56.5 Å². The molecule has 0 amide bonds. The summed E-state index contributed by atoms with van der Waals surface area (Å²) in [6.45, 7) is 0.824. The standard InChI is InChI=1S/C14H20BrNO/c1-16-14-4-2-3-11(14)9-10-17-13-7-5-12(15)6-8-13/h5-8,11,14,16H,2-4,9-10H2,1H3. The number of rotatable bonds is 5. The van der Waals surface area contributed by atoms with Crippen molar-refractivity contribution >= 4 is 15.9 Å². The molecule has 0 bridgehead atoms. The Hall–Kier alpha value is -0.540. The third-order valence-electron chi connectivity index (χ3n) is 3.60. The second kappa shape index (κ2) is 6.41. The first-order chi connectivity index (χ1) is 8.29. The molecule has 2 rings (SSSR count). The fourth-order valence-corrected chi connectivity index (χ4v) is 2.89. The van der Waals surface area contributed by atoms with Crippen LogP contribution in [0.25, 0.3) is 0 Å². The highest BCUT2D eigenvalue weighted by Gasteiger charge is 2.25. The minimum Gasteiger partial charge on any atom is -0.494 e. The topological polar surface area (TPSA) is 21.3 Å². The van der Waals surface area contributed by atoms with Crippen LogP contribution in [0.2, 0.25) is 0 Å². The average Bonchev–Trinajstić information content (AvgIpc) is 2.79. The van der Waals surface area contributed by atoms with Crippen LogP contribution in [0.4, 0.5) is 0 Å². The van der Waals surface area contributed by atoms with E-state index < -0.39 is 0 Å². The lowest BCUT2D eigenvalue weighted by Crippen LogP contribution is -2.29. The van der Waals surface area contributed by atoms with Crippen molar-refractivity contribution in [2.75, 3.05) is 13.7 Å². The number of hydrogen-bond donors (Lipinski definition) is 1. The zero-order valence-corrected chi connectivity index (χ0v) is 11.9. The third-order valence-corrected chi connectivity index (χ3v) is 4.13. The molecule has 1 aromatic rings. The third kappa shape index (κ3) is 3.71. The van der Waals surface area contributed by atoms with Crippen molar-refractivity contribution in [3.8, 4) is 5.75 Å². The van der Waals surface area contributed by atoms with E-state index in [9.17, 15) is 0 Å². The summed E-state index contributed by atoms with van der Waals surface area (Å²) in [5.41, 5.74) is 0. The molecule has 0 aliphatic heterocycles. The van der Waals surface area contributed by atoms with Crippen LogP contribution < -0.4 is 10.1 Å². The van der Waals surface area contributed by atoms with E-state index >= 15 is 0 Å². The van der Waals surface area contributed by atoms with Gasteiger partial charge in [0.1, 0.15) is 5.75 Å². The van der Waals surface area contributed by atoms with Crippen LogP contribution in [-0.2, 0) is 0 Å². The molecule has 1 N–H and O–H groups in total. The lowest BCUT2D eigenvalue weighted by molar-refractivity contribution is 0.263. The summed E-state index contributed by atoms with van der Waals surface area (Å²) in [5, 5.41) is 3.41. The summed E-state index contributed by atoms with van der Waals surface area (Å²) >= 11 is 3.42. The Morgan fingerprint density at radius 1 is 1.29 bits per heavy atom. The summed E-state index contributed by atoms with van der Waals surface area (Å²) in [5.74, 6) is 1.75. The van der Waals surface area contributed by atoms with E-state index in [0.717, 1.165) is 29.2 Å². The Kier molecular flexibility index (Phi) is 4.86. The predicted octanol–water partition coefficient (Wildman–Crippen LogP) is 3.61. The molecule has 1 aliphatic carbocycles. The van der Waals surface area contributed by atoms with Crippen LogP contribution in [0.1, 0.15) is 25.7 Å². The van der Waals surface area contributed by atoms with Crippen molar-refractivity contribution in [3.05, 3.63) is 28.7 Å². The van der Waals surface area contributed by atoms with E-state index in [1.54, 1.807) is 0 Å². The van der Waals surface area contributed by atoms with Crippen LogP contribution in [0.5, 0.6) is 5.75 Å². The minimum absolute atomic E-state index is 0.698. The SMILES string of the molecule is CNC1CCCC1CCOc1ccc(Br)cc1. The molecule has 2 atom stereocenters. The van der Waals surface area contributed by atoms with Crippen molar-refractivity contribution in [2.45, 2.75) is 31.7 Å². The van der Waals surface area contributed by atoms with Gasteiger partial charge in [-0.15, -0.1) is 0 Å². The van der Waals surface area contributed by atoms with Gasteiger partial charge in [0.25, 0.3) is 0 Å². The van der Waals surface area contributed by atoms with E-state index in [-0.39, 0.29) is 0 Å². The van der Waals surface area contributed by atoms with Gasteiger partial charge in [-0.1, -0.05) is 22.4 Å². The Morgan fingerprint density at radius 3 is 2.76 bits per heavy atom. The van der Waals surface area contributed by atoms with Gasteiger partial charge in [0.15, 0.2) is 0 Å². The largest absolute Gasteiger partial charge is 0.494 e. The monoisotopic (exact) mass is 297 g/mol. The first kappa shape index (κ1) is 12.9. The summed E-state index contributed by atoms with van der Waals surface area (Å²) in [6, 6.07) is 8.74. The van der Waals surface area contributed by atoms with Gasteiger partial charge >= 0.3 is 0 Å². The number of hydrogen-bond acceptors (Lipinski definition) is 2. The van der Waals surface area contributed by atoms with E-state index in [0.29, 0.717) is 6.04 Å². The lowest BCUT2D eigenvalue weighted by Gasteiger charge is -2.18. The maximum absolute atomic E-state index is 5.77. The maximum atomic E-state index is 5.77. The van der Waals surface area contributed by atoms with E-state index in [1.807, 2.05) is 24.3 Å². The van der Waals surface area contributed by atoms with Gasteiger partial charge < -0.3 is 10.1 Å². The molecule has 0 heterocycles. The zero-order chi connectivity index (χ0) is 12.1. The van der Waals surface area contributed by atoms with Crippen LogP contribution in [-0.4, -0.2) is 19.7 Å². The van der Waals surface area contributed by atoms with Crippen LogP contribution in [0.3, 0.4) is 0 Å². The molecule has 1 aliphatic rings. The van der Waals surface area contributed by atoms with Gasteiger partial charge in [-0.2, -0.15) is 0 Å². The fraction of sp³-hybridized carbons (Fsp3) is 0.571. The molecule has 0 spiro atoms. The molecule has 0 saturated heterocycles. The second-order valence-corrected chi connectivity index (χ2v) is 5.59. The molecular formula is C14H20BrNO. The van der Waals surface area contributed by atoms with E-state index in [1.165, 1.54) is 19.3 Å². The van der Waals surface area contributed by atoms with Crippen molar-refractivity contribution in [1.82, 2.24) is 5.32 Å². The molecule has 2 unspecified atom stereocenters.